The molecule has 4 rings (SSSR count). The largest absolute Gasteiger partial charge is 0.378 e. The number of benzene rings is 1. The van der Waals surface area contributed by atoms with E-state index in [9.17, 15) is 14.9 Å². The molecular weight excluding hydrogens is 494 g/mol. The van der Waals surface area contributed by atoms with E-state index in [4.69, 9.17) is 17.3 Å². The van der Waals surface area contributed by atoms with Gasteiger partial charge in [0, 0.05) is 54.6 Å². The Morgan fingerprint density at radius 2 is 1.95 bits per heavy atom. The fourth-order valence-corrected chi connectivity index (χ4v) is 4.84. The maximum Gasteiger partial charge on any atom is 0.311 e. The molecule has 1 aliphatic rings. The number of hydrogen-bond acceptors (Lipinski definition) is 7. The van der Waals surface area contributed by atoms with Crippen molar-refractivity contribution in [2.24, 2.45) is 0 Å². The molecule has 1 fully saturated rings. The van der Waals surface area contributed by atoms with Gasteiger partial charge in [-0.3, -0.25) is 14.9 Å². The van der Waals surface area contributed by atoms with E-state index in [1.807, 2.05) is 42.0 Å². The molecular formula is C26H32ClN7O3. The second kappa shape index (κ2) is 12.1. The van der Waals surface area contributed by atoms with Gasteiger partial charge in [0.25, 0.3) is 5.91 Å². The van der Waals surface area contributed by atoms with Gasteiger partial charge >= 0.3 is 5.69 Å². The Kier molecular flexibility index (Phi) is 8.62. The minimum Gasteiger partial charge on any atom is -0.378 e. The van der Waals surface area contributed by atoms with Crippen molar-refractivity contribution in [2.45, 2.75) is 32.7 Å². The first kappa shape index (κ1) is 26.4. The summed E-state index contributed by atoms with van der Waals surface area (Å²) in [5.74, 6) is 0.210. The van der Waals surface area contributed by atoms with Gasteiger partial charge in [-0.25, -0.2) is 4.98 Å². The fourth-order valence-electron chi connectivity index (χ4n) is 4.50. The highest BCUT2D eigenvalue weighted by Gasteiger charge is 2.17. The first-order valence-electron chi connectivity index (χ1n) is 12.4. The lowest BCUT2D eigenvalue weighted by molar-refractivity contribution is -0.384. The maximum atomic E-state index is 13.1. The van der Waals surface area contributed by atoms with Gasteiger partial charge in [-0.05, 0) is 63.0 Å². The highest BCUT2D eigenvalue weighted by molar-refractivity contribution is 6.33. The summed E-state index contributed by atoms with van der Waals surface area (Å²) in [5.41, 5.74) is 8.85. The Balaban J connectivity index is 1.43. The number of likely N-dealkylation sites (tertiary alicyclic amines) is 1. The van der Waals surface area contributed by atoms with Crippen molar-refractivity contribution < 1.29 is 9.72 Å². The number of aromatic nitrogens is 2. The first-order valence-corrected chi connectivity index (χ1v) is 12.8. The van der Waals surface area contributed by atoms with Crippen molar-refractivity contribution >= 4 is 34.8 Å². The number of anilines is 2. The molecule has 4 N–H and O–H groups in total. The summed E-state index contributed by atoms with van der Waals surface area (Å²) in [7, 11) is 0. The van der Waals surface area contributed by atoms with Crippen LogP contribution in [0.3, 0.4) is 0 Å². The Bertz CT molecular complexity index is 1270. The summed E-state index contributed by atoms with van der Waals surface area (Å²) in [6.45, 7) is 6.72. The molecule has 0 spiro atoms. The number of pyridine rings is 1. The average Bonchev–Trinajstić information content (AvgIpc) is 3.52. The number of hydrogen-bond donors (Lipinski definition) is 3. The van der Waals surface area contributed by atoms with E-state index in [1.54, 1.807) is 0 Å². The van der Waals surface area contributed by atoms with Crippen molar-refractivity contribution in [1.82, 2.24) is 19.8 Å². The van der Waals surface area contributed by atoms with E-state index in [2.05, 4.69) is 20.5 Å². The third-order valence-corrected chi connectivity index (χ3v) is 6.77. The highest BCUT2D eigenvalue weighted by atomic mass is 35.5. The van der Waals surface area contributed by atoms with E-state index in [0.29, 0.717) is 42.6 Å². The van der Waals surface area contributed by atoms with Crippen molar-refractivity contribution in [3.05, 3.63) is 69.0 Å². The van der Waals surface area contributed by atoms with Gasteiger partial charge < -0.3 is 25.8 Å². The monoisotopic (exact) mass is 525 g/mol. The van der Waals surface area contributed by atoms with Crippen LogP contribution in [0, 0.1) is 17.0 Å². The lowest BCUT2D eigenvalue weighted by Gasteiger charge is -2.15. The van der Waals surface area contributed by atoms with Crippen LogP contribution in [-0.4, -0.2) is 58.0 Å². The molecule has 0 radical (unpaired) electrons. The molecule has 0 aliphatic carbocycles. The van der Waals surface area contributed by atoms with Gasteiger partial charge in [0.1, 0.15) is 11.5 Å². The lowest BCUT2D eigenvalue weighted by Crippen LogP contribution is -2.34. The molecule has 2 aromatic heterocycles. The van der Waals surface area contributed by atoms with E-state index >= 15 is 0 Å². The smallest absolute Gasteiger partial charge is 0.311 e. The van der Waals surface area contributed by atoms with Crippen LogP contribution < -0.4 is 16.4 Å². The zero-order valence-electron chi connectivity index (χ0n) is 20.9. The molecule has 11 heteroatoms. The predicted octanol–water partition coefficient (Wildman–Crippen LogP) is 4.33. The molecule has 196 valence electrons. The van der Waals surface area contributed by atoms with Crippen molar-refractivity contribution in [3.63, 3.8) is 0 Å². The van der Waals surface area contributed by atoms with Crippen LogP contribution in [0.2, 0.25) is 5.02 Å². The third kappa shape index (κ3) is 6.78. The fraction of sp³-hybridized carbons (Fsp3) is 0.385. The van der Waals surface area contributed by atoms with Crippen molar-refractivity contribution in [2.75, 3.05) is 43.8 Å². The molecule has 1 aliphatic heterocycles. The summed E-state index contributed by atoms with van der Waals surface area (Å²) in [4.78, 5) is 29.9. The molecule has 37 heavy (non-hydrogen) atoms. The topological polar surface area (TPSA) is 131 Å². The minimum atomic E-state index is -0.562. The van der Waals surface area contributed by atoms with Crippen LogP contribution in [0.1, 0.15) is 35.3 Å². The number of amides is 1. The van der Waals surface area contributed by atoms with Crippen molar-refractivity contribution in [1.29, 1.82) is 0 Å². The number of carbonyl (C=O) groups excluding carboxylic acids is 1. The van der Waals surface area contributed by atoms with Crippen LogP contribution in [0.15, 0.2) is 42.6 Å². The standard InChI is InChI=1S/C26H32ClN7O3/c1-18-5-6-20(21(27)15-18)19-16-23(26(35)30-10-14-32-11-2-3-12-32)33(17-19)13-4-9-29-24-8-7-22(34(36)37)25(28)31-24/h5-8,15-17H,2-4,9-14H2,1H3,(H,30,35)(H3,28,29,31). The molecule has 1 aromatic carbocycles. The summed E-state index contributed by atoms with van der Waals surface area (Å²) in [5, 5.41) is 17.8. The van der Waals surface area contributed by atoms with E-state index in [-0.39, 0.29) is 17.4 Å². The van der Waals surface area contributed by atoms with Crippen LogP contribution in [0.5, 0.6) is 0 Å². The van der Waals surface area contributed by atoms with Gasteiger partial charge in [0.15, 0.2) is 0 Å². The number of nitrogens with two attached hydrogens (primary N) is 1. The van der Waals surface area contributed by atoms with Crippen LogP contribution in [0.25, 0.3) is 11.1 Å². The third-order valence-electron chi connectivity index (χ3n) is 6.46. The Morgan fingerprint density at radius 3 is 2.65 bits per heavy atom. The van der Waals surface area contributed by atoms with Crippen LogP contribution in [-0.2, 0) is 6.54 Å². The van der Waals surface area contributed by atoms with Gasteiger partial charge in [-0.1, -0.05) is 23.7 Å². The van der Waals surface area contributed by atoms with E-state index in [1.165, 1.54) is 25.0 Å². The van der Waals surface area contributed by atoms with E-state index < -0.39 is 4.92 Å². The van der Waals surface area contributed by atoms with Crippen LogP contribution >= 0.6 is 11.6 Å². The summed E-state index contributed by atoms with van der Waals surface area (Å²) in [6, 6.07) is 10.6. The quantitative estimate of drug-likeness (QED) is 0.193. The number of rotatable bonds is 11. The molecule has 3 heterocycles. The summed E-state index contributed by atoms with van der Waals surface area (Å²) in [6.07, 6.45) is 5.07. The molecule has 1 amide bonds. The summed E-state index contributed by atoms with van der Waals surface area (Å²) < 4.78 is 1.94. The molecule has 0 saturated carbocycles. The number of nitrogens with zero attached hydrogens (tertiary/aromatic N) is 4. The average molecular weight is 526 g/mol. The maximum absolute atomic E-state index is 13.1. The van der Waals surface area contributed by atoms with Crippen LogP contribution in [0.4, 0.5) is 17.3 Å². The van der Waals surface area contributed by atoms with Gasteiger partial charge in [-0.15, -0.1) is 0 Å². The molecule has 0 bridgehead atoms. The zero-order valence-corrected chi connectivity index (χ0v) is 21.6. The molecule has 10 nitrogen and oxygen atoms in total. The zero-order chi connectivity index (χ0) is 26.4. The second-order valence-electron chi connectivity index (χ2n) is 9.23. The molecule has 1 saturated heterocycles. The summed E-state index contributed by atoms with van der Waals surface area (Å²) >= 11 is 6.51. The predicted molar refractivity (Wildman–Crippen MR) is 146 cm³/mol. The first-order chi connectivity index (χ1) is 17.8. The number of halogens is 1. The second-order valence-corrected chi connectivity index (χ2v) is 9.64. The number of carbonyl (C=O) groups is 1. The number of nitro groups is 1. The molecule has 0 atom stereocenters. The van der Waals surface area contributed by atoms with Gasteiger partial charge in [0.05, 0.1) is 4.92 Å². The number of nitrogens with one attached hydrogen (secondary N) is 2. The Hall–Kier alpha value is -3.63. The minimum absolute atomic E-state index is 0.119. The SMILES string of the molecule is Cc1ccc(-c2cc(C(=O)NCCN3CCCC3)n(CCCNc3ccc([N+](=O)[O-])c(N)n3)c2)c(Cl)c1. The number of nitrogen functional groups attached to an aromatic ring is 1. The number of aryl methyl sites for hydroxylation is 2. The Labute approximate surface area is 221 Å². The van der Waals surface area contributed by atoms with Gasteiger partial charge in [-0.2, -0.15) is 0 Å². The highest BCUT2D eigenvalue weighted by Crippen LogP contribution is 2.30. The molecule has 0 unspecified atom stereocenters. The van der Waals surface area contributed by atoms with Crippen molar-refractivity contribution in [3.8, 4) is 11.1 Å². The van der Waals surface area contributed by atoms with E-state index in [0.717, 1.165) is 36.3 Å². The Morgan fingerprint density at radius 1 is 1.16 bits per heavy atom. The molecule has 3 aromatic rings. The van der Waals surface area contributed by atoms with Gasteiger partial charge in [0.2, 0.25) is 5.82 Å². The normalized spacial score (nSPS) is 13.6. The lowest BCUT2D eigenvalue weighted by atomic mass is 10.1.